The van der Waals surface area contributed by atoms with E-state index >= 15 is 0 Å². The molecule has 0 saturated heterocycles. The number of rotatable bonds is 6. The molecule has 7 heteroatoms. The molecule has 0 spiro atoms. The SMILES string of the molecule is C=CCOc1c(Br)cc(/C=C2/N=C(c3cccs3)OC2=O)cc1OC. The van der Waals surface area contributed by atoms with Gasteiger partial charge in [0.25, 0.3) is 0 Å². The predicted octanol–water partition coefficient (Wildman–Crippen LogP) is 4.43. The predicted molar refractivity (Wildman–Crippen MR) is 101 cm³/mol. The molecule has 0 N–H and O–H groups in total. The summed E-state index contributed by atoms with van der Waals surface area (Å²) in [5.41, 5.74) is 0.968. The van der Waals surface area contributed by atoms with Crippen molar-refractivity contribution < 1.29 is 19.0 Å². The van der Waals surface area contributed by atoms with Crippen LogP contribution in [0, 0.1) is 0 Å². The monoisotopic (exact) mass is 419 g/mol. The molecule has 128 valence electrons. The number of nitrogens with zero attached hydrogens (tertiary/aromatic N) is 1. The van der Waals surface area contributed by atoms with Gasteiger partial charge in [-0.2, -0.15) is 0 Å². The Morgan fingerprint density at radius 2 is 2.28 bits per heavy atom. The number of halogens is 1. The summed E-state index contributed by atoms with van der Waals surface area (Å²) >= 11 is 4.92. The maximum absolute atomic E-state index is 12.1. The highest BCUT2D eigenvalue weighted by molar-refractivity contribution is 9.10. The molecule has 0 radical (unpaired) electrons. The molecule has 1 aliphatic rings. The van der Waals surface area contributed by atoms with Gasteiger partial charge in [0, 0.05) is 0 Å². The standard InChI is InChI=1S/C18H14BrNO4S/c1-3-6-23-16-12(19)8-11(10-14(16)22-2)9-13-18(21)24-17(20-13)15-5-4-7-25-15/h3-5,7-10H,1,6H2,2H3/b13-9+. The molecule has 0 unspecified atom stereocenters. The first kappa shape index (κ1) is 17.4. The Labute approximate surface area is 157 Å². The van der Waals surface area contributed by atoms with E-state index in [-0.39, 0.29) is 5.70 Å². The Bertz CT molecular complexity index is 871. The van der Waals surface area contributed by atoms with E-state index in [2.05, 4.69) is 27.5 Å². The van der Waals surface area contributed by atoms with Gasteiger partial charge in [-0.1, -0.05) is 18.7 Å². The quantitative estimate of drug-likeness (QED) is 0.394. The van der Waals surface area contributed by atoms with Crippen molar-refractivity contribution >= 4 is 45.2 Å². The van der Waals surface area contributed by atoms with Gasteiger partial charge in [-0.3, -0.25) is 0 Å². The summed E-state index contributed by atoms with van der Waals surface area (Å²) in [4.78, 5) is 17.1. The van der Waals surface area contributed by atoms with Crippen molar-refractivity contribution in [1.82, 2.24) is 0 Å². The van der Waals surface area contributed by atoms with Crippen molar-refractivity contribution in [3.63, 3.8) is 0 Å². The highest BCUT2D eigenvalue weighted by Gasteiger charge is 2.25. The Morgan fingerprint density at radius 1 is 1.44 bits per heavy atom. The van der Waals surface area contributed by atoms with Crippen molar-refractivity contribution in [2.75, 3.05) is 13.7 Å². The third-order valence-corrected chi connectivity index (χ3v) is 4.70. The van der Waals surface area contributed by atoms with E-state index in [1.807, 2.05) is 23.6 Å². The van der Waals surface area contributed by atoms with Crippen molar-refractivity contribution in [2.24, 2.45) is 4.99 Å². The number of cyclic esters (lactones) is 1. The zero-order valence-electron chi connectivity index (χ0n) is 13.3. The van der Waals surface area contributed by atoms with E-state index in [4.69, 9.17) is 14.2 Å². The first-order valence-corrected chi connectivity index (χ1v) is 8.97. The molecule has 2 heterocycles. The first-order valence-electron chi connectivity index (χ1n) is 7.30. The number of benzene rings is 1. The van der Waals surface area contributed by atoms with Crippen LogP contribution in [0.3, 0.4) is 0 Å². The van der Waals surface area contributed by atoms with Gasteiger partial charge < -0.3 is 14.2 Å². The summed E-state index contributed by atoms with van der Waals surface area (Å²) in [7, 11) is 1.55. The smallest absolute Gasteiger partial charge is 0.363 e. The van der Waals surface area contributed by atoms with Crippen molar-refractivity contribution in [3.05, 3.63) is 62.9 Å². The number of carbonyl (C=O) groups is 1. The summed E-state index contributed by atoms with van der Waals surface area (Å²) in [6.07, 6.45) is 3.30. The molecule has 25 heavy (non-hydrogen) atoms. The fraction of sp³-hybridized carbons (Fsp3) is 0.111. The van der Waals surface area contributed by atoms with E-state index < -0.39 is 5.97 Å². The minimum absolute atomic E-state index is 0.233. The molecule has 0 fully saturated rings. The average molecular weight is 420 g/mol. The number of aliphatic imine (C=N–C) groups is 1. The molecule has 0 bridgehead atoms. The lowest BCUT2D eigenvalue weighted by Gasteiger charge is -2.12. The molecular formula is C18H14BrNO4S. The maximum Gasteiger partial charge on any atom is 0.363 e. The summed E-state index contributed by atoms with van der Waals surface area (Å²) in [5, 5.41) is 1.90. The van der Waals surface area contributed by atoms with E-state index in [1.54, 1.807) is 25.3 Å². The first-order chi connectivity index (χ1) is 12.1. The number of carbonyl (C=O) groups excluding carboxylic acids is 1. The second-order valence-corrected chi connectivity index (χ2v) is 6.75. The molecular weight excluding hydrogens is 406 g/mol. The largest absolute Gasteiger partial charge is 0.493 e. The van der Waals surface area contributed by atoms with Crippen LogP contribution in [-0.2, 0) is 9.53 Å². The maximum atomic E-state index is 12.1. The zero-order valence-corrected chi connectivity index (χ0v) is 15.7. The fourth-order valence-electron chi connectivity index (χ4n) is 2.18. The molecule has 5 nitrogen and oxygen atoms in total. The highest BCUT2D eigenvalue weighted by Crippen LogP contribution is 2.37. The Kier molecular flexibility index (Phi) is 5.35. The molecule has 2 aromatic rings. The molecule has 0 amide bonds. The molecule has 1 aliphatic heterocycles. The number of hydrogen-bond acceptors (Lipinski definition) is 6. The lowest BCUT2D eigenvalue weighted by atomic mass is 10.1. The van der Waals surface area contributed by atoms with E-state index in [0.717, 1.165) is 10.4 Å². The van der Waals surface area contributed by atoms with Crippen LogP contribution in [0.1, 0.15) is 10.4 Å². The number of esters is 1. The molecule has 3 rings (SSSR count). The third kappa shape index (κ3) is 3.83. The molecule has 1 aromatic carbocycles. The van der Waals surface area contributed by atoms with Crippen molar-refractivity contribution in [2.45, 2.75) is 0 Å². The van der Waals surface area contributed by atoms with Crippen LogP contribution < -0.4 is 9.47 Å². The molecule has 1 aromatic heterocycles. The van der Waals surface area contributed by atoms with E-state index in [1.165, 1.54) is 11.3 Å². The lowest BCUT2D eigenvalue weighted by molar-refractivity contribution is -0.129. The van der Waals surface area contributed by atoms with Gasteiger partial charge in [0.1, 0.15) is 6.61 Å². The van der Waals surface area contributed by atoms with Crippen LogP contribution in [0.4, 0.5) is 0 Å². The second-order valence-electron chi connectivity index (χ2n) is 4.95. The topological polar surface area (TPSA) is 57.1 Å². The Hall–Kier alpha value is -2.38. The number of hydrogen-bond donors (Lipinski definition) is 0. The zero-order chi connectivity index (χ0) is 17.8. The van der Waals surface area contributed by atoms with Crippen molar-refractivity contribution in [1.29, 1.82) is 0 Å². The highest BCUT2D eigenvalue weighted by atomic mass is 79.9. The Morgan fingerprint density at radius 3 is 2.96 bits per heavy atom. The normalized spacial score (nSPS) is 15.0. The van der Waals surface area contributed by atoms with Crippen LogP contribution in [0.25, 0.3) is 6.08 Å². The van der Waals surface area contributed by atoms with Crippen LogP contribution >= 0.6 is 27.3 Å². The second kappa shape index (κ2) is 7.67. The van der Waals surface area contributed by atoms with Gasteiger partial charge in [-0.05, 0) is 51.1 Å². The van der Waals surface area contributed by atoms with Crippen LogP contribution in [0.2, 0.25) is 0 Å². The van der Waals surface area contributed by atoms with Crippen molar-refractivity contribution in [3.8, 4) is 11.5 Å². The van der Waals surface area contributed by atoms with Gasteiger partial charge >= 0.3 is 5.97 Å². The molecule has 0 saturated carbocycles. The fourth-order valence-corrected chi connectivity index (χ4v) is 3.40. The summed E-state index contributed by atoms with van der Waals surface area (Å²) in [6, 6.07) is 7.31. The van der Waals surface area contributed by atoms with Gasteiger partial charge in [-0.15, -0.1) is 11.3 Å². The summed E-state index contributed by atoms with van der Waals surface area (Å²) in [5.74, 6) is 0.951. The van der Waals surface area contributed by atoms with Crippen LogP contribution in [0.5, 0.6) is 11.5 Å². The van der Waals surface area contributed by atoms with Crippen LogP contribution in [-0.4, -0.2) is 25.6 Å². The third-order valence-electron chi connectivity index (χ3n) is 3.25. The van der Waals surface area contributed by atoms with Gasteiger partial charge in [-0.25, -0.2) is 9.79 Å². The van der Waals surface area contributed by atoms with Crippen LogP contribution in [0.15, 0.2) is 57.5 Å². The molecule has 0 atom stereocenters. The minimum Gasteiger partial charge on any atom is -0.493 e. The Balaban J connectivity index is 1.94. The van der Waals surface area contributed by atoms with E-state index in [0.29, 0.717) is 28.5 Å². The van der Waals surface area contributed by atoms with Gasteiger partial charge in [0.2, 0.25) is 5.90 Å². The summed E-state index contributed by atoms with van der Waals surface area (Å²) in [6.45, 7) is 3.98. The van der Waals surface area contributed by atoms with Gasteiger partial charge in [0.05, 0.1) is 16.5 Å². The number of methoxy groups -OCH3 is 1. The van der Waals surface area contributed by atoms with E-state index in [9.17, 15) is 4.79 Å². The summed E-state index contributed by atoms with van der Waals surface area (Å²) < 4.78 is 16.9. The van der Waals surface area contributed by atoms with Gasteiger partial charge in [0.15, 0.2) is 17.2 Å². The lowest BCUT2D eigenvalue weighted by Crippen LogP contribution is -2.03. The number of ether oxygens (including phenoxy) is 3. The number of thiophene rings is 1. The average Bonchev–Trinajstić information content (AvgIpc) is 3.24. The minimum atomic E-state index is -0.481. The molecule has 0 aliphatic carbocycles.